The van der Waals surface area contributed by atoms with Gasteiger partial charge in [-0.1, -0.05) is 18.2 Å². The fraction of sp³-hybridized carbons (Fsp3) is 0.227. The van der Waals surface area contributed by atoms with Crippen LogP contribution >= 0.6 is 11.3 Å². The van der Waals surface area contributed by atoms with E-state index < -0.39 is 6.10 Å². The van der Waals surface area contributed by atoms with Gasteiger partial charge in [0.15, 0.2) is 0 Å². The Balaban J connectivity index is 1.32. The summed E-state index contributed by atoms with van der Waals surface area (Å²) in [7, 11) is 0. The summed E-state index contributed by atoms with van der Waals surface area (Å²) in [6, 6.07) is 13.8. The quantitative estimate of drug-likeness (QED) is 0.546. The van der Waals surface area contributed by atoms with Crippen molar-refractivity contribution in [2.75, 3.05) is 13.1 Å². The molecule has 1 amide bonds. The second kappa shape index (κ2) is 7.42. The van der Waals surface area contributed by atoms with Crippen LogP contribution in [0, 0.1) is 5.92 Å². The zero-order chi connectivity index (χ0) is 19.8. The van der Waals surface area contributed by atoms with Gasteiger partial charge in [0, 0.05) is 41.5 Å². The Morgan fingerprint density at radius 2 is 2.14 bits per heavy atom. The van der Waals surface area contributed by atoms with Crippen LogP contribution < -0.4 is 0 Å². The average Bonchev–Trinajstić information content (AvgIpc) is 3.49. The number of aliphatic hydroxyl groups is 1. The number of benzene rings is 1. The Morgan fingerprint density at radius 1 is 1.24 bits per heavy atom. The number of likely N-dealkylation sites (tertiary alicyclic amines) is 1. The van der Waals surface area contributed by atoms with Gasteiger partial charge in [-0.15, -0.1) is 0 Å². The van der Waals surface area contributed by atoms with Gasteiger partial charge in [0.1, 0.15) is 5.69 Å². The predicted octanol–water partition coefficient (Wildman–Crippen LogP) is 3.36. The Kier molecular flexibility index (Phi) is 4.61. The summed E-state index contributed by atoms with van der Waals surface area (Å²) >= 11 is 1.59. The molecule has 6 nitrogen and oxygen atoms in total. The number of carbonyl (C=O) groups excluding carboxylic acids is 1. The molecule has 7 heteroatoms. The SMILES string of the molecule is O=C(c1cc(-c2ccsc2)n[nH]1)N1C[C@@H](Cc2ccnc3ccccc23)[C@@H](O)C1. The van der Waals surface area contributed by atoms with Gasteiger partial charge in [0.05, 0.1) is 17.3 Å². The minimum atomic E-state index is -0.551. The van der Waals surface area contributed by atoms with Crippen molar-refractivity contribution < 1.29 is 9.90 Å². The molecule has 0 saturated carbocycles. The molecule has 1 fully saturated rings. The second-order valence-electron chi connectivity index (χ2n) is 7.41. The molecule has 4 aromatic rings. The number of nitrogens with one attached hydrogen (secondary N) is 1. The van der Waals surface area contributed by atoms with Crippen LogP contribution in [0.4, 0.5) is 0 Å². The Hall–Kier alpha value is -3.03. The number of aliphatic hydroxyl groups excluding tert-OH is 1. The molecule has 1 aliphatic heterocycles. The molecule has 3 aromatic heterocycles. The van der Waals surface area contributed by atoms with Crippen LogP contribution in [0.3, 0.4) is 0 Å². The number of aromatic nitrogens is 3. The van der Waals surface area contributed by atoms with E-state index in [1.165, 1.54) is 0 Å². The van der Waals surface area contributed by atoms with E-state index in [1.54, 1.807) is 28.5 Å². The number of fused-ring (bicyclic) bond motifs is 1. The van der Waals surface area contributed by atoms with Crippen LogP contribution in [0.2, 0.25) is 0 Å². The number of thiophene rings is 1. The van der Waals surface area contributed by atoms with E-state index in [0.29, 0.717) is 25.2 Å². The molecule has 1 aliphatic rings. The average molecular weight is 404 g/mol. The number of amides is 1. The number of H-pyrrole nitrogens is 1. The second-order valence-corrected chi connectivity index (χ2v) is 8.19. The summed E-state index contributed by atoms with van der Waals surface area (Å²) < 4.78 is 0. The number of aromatic amines is 1. The lowest BCUT2D eigenvalue weighted by Gasteiger charge is -2.16. The van der Waals surface area contributed by atoms with Crippen molar-refractivity contribution in [1.82, 2.24) is 20.1 Å². The van der Waals surface area contributed by atoms with E-state index in [-0.39, 0.29) is 11.8 Å². The van der Waals surface area contributed by atoms with Crippen molar-refractivity contribution in [3.63, 3.8) is 0 Å². The zero-order valence-electron chi connectivity index (χ0n) is 15.7. The van der Waals surface area contributed by atoms with Gasteiger partial charge in [-0.2, -0.15) is 16.4 Å². The topological polar surface area (TPSA) is 82.1 Å². The molecule has 0 spiro atoms. The van der Waals surface area contributed by atoms with Crippen LogP contribution in [-0.4, -0.2) is 50.3 Å². The van der Waals surface area contributed by atoms with Crippen LogP contribution in [0.15, 0.2) is 59.4 Å². The van der Waals surface area contributed by atoms with Crippen molar-refractivity contribution in [3.8, 4) is 11.3 Å². The maximum Gasteiger partial charge on any atom is 0.271 e. The summed E-state index contributed by atoms with van der Waals surface area (Å²) in [5.41, 5.74) is 4.30. The first-order chi connectivity index (χ1) is 14.2. The Bertz CT molecular complexity index is 1150. The third-order valence-electron chi connectivity index (χ3n) is 5.54. The summed E-state index contributed by atoms with van der Waals surface area (Å²) in [4.78, 5) is 19.0. The number of nitrogens with zero attached hydrogens (tertiary/aromatic N) is 3. The molecule has 5 rings (SSSR count). The van der Waals surface area contributed by atoms with Crippen LogP contribution in [-0.2, 0) is 6.42 Å². The van der Waals surface area contributed by atoms with Crippen LogP contribution in [0.25, 0.3) is 22.2 Å². The van der Waals surface area contributed by atoms with Gasteiger partial charge < -0.3 is 10.0 Å². The number of para-hydroxylation sites is 1. The van der Waals surface area contributed by atoms with Gasteiger partial charge in [-0.3, -0.25) is 14.9 Å². The fourth-order valence-electron chi connectivity index (χ4n) is 4.00. The molecule has 1 aromatic carbocycles. The molecule has 1 saturated heterocycles. The maximum atomic E-state index is 12.9. The Morgan fingerprint density at radius 3 is 3.00 bits per heavy atom. The number of carbonyl (C=O) groups is 1. The van der Waals surface area contributed by atoms with Crippen molar-refractivity contribution in [2.45, 2.75) is 12.5 Å². The minimum Gasteiger partial charge on any atom is -0.391 e. The minimum absolute atomic E-state index is 0.0102. The van der Waals surface area contributed by atoms with Crippen LogP contribution in [0.5, 0.6) is 0 Å². The van der Waals surface area contributed by atoms with Gasteiger partial charge in [-0.25, -0.2) is 0 Å². The first kappa shape index (κ1) is 18.0. The van der Waals surface area contributed by atoms with Gasteiger partial charge in [0.2, 0.25) is 0 Å². The van der Waals surface area contributed by atoms with Crippen molar-refractivity contribution in [2.24, 2.45) is 5.92 Å². The highest BCUT2D eigenvalue weighted by atomic mass is 32.1. The number of hydrogen-bond acceptors (Lipinski definition) is 5. The number of rotatable bonds is 4. The lowest BCUT2D eigenvalue weighted by atomic mass is 9.94. The smallest absolute Gasteiger partial charge is 0.271 e. The molecule has 146 valence electrons. The highest BCUT2D eigenvalue weighted by Gasteiger charge is 2.35. The molecule has 4 heterocycles. The van der Waals surface area contributed by atoms with E-state index in [2.05, 4.69) is 21.2 Å². The summed E-state index contributed by atoms with van der Waals surface area (Å²) in [6.45, 7) is 0.850. The zero-order valence-corrected chi connectivity index (χ0v) is 16.5. The van der Waals surface area contributed by atoms with E-state index in [9.17, 15) is 9.90 Å². The first-order valence-electron chi connectivity index (χ1n) is 9.57. The van der Waals surface area contributed by atoms with Gasteiger partial charge in [-0.05, 0) is 41.6 Å². The highest BCUT2D eigenvalue weighted by Crippen LogP contribution is 2.27. The summed E-state index contributed by atoms with van der Waals surface area (Å²) in [5.74, 6) is -0.135. The first-order valence-corrected chi connectivity index (χ1v) is 10.5. The third kappa shape index (κ3) is 3.43. The number of β-amino-alcohol motifs (C(OH)–C–C–N with tert-alkyl or cyclic N) is 1. The van der Waals surface area contributed by atoms with Gasteiger partial charge >= 0.3 is 0 Å². The number of hydrogen-bond donors (Lipinski definition) is 2. The van der Waals surface area contributed by atoms with E-state index in [4.69, 9.17) is 0 Å². The normalized spacial score (nSPS) is 19.1. The Labute approximate surface area is 171 Å². The van der Waals surface area contributed by atoms with Gasteiger partial charge in [0.25, 0.3) is 5.91 Å². The van der Waals surface area contributed by atoms with Crippen molar-refractivity contribution in [1.29, 1.82) is 0 Å². The lowest BCUT2D eigenvalue weighted by molar-refractivity contribution is 0.0759. The predicted molar refractivity (Wildman–Crippen MR) is 113 cm³/mol. The summed E-state index contributed by atoms with van der Waals surface area (Å²) in [5, 5.41) is 22.8. The lowest BCUT2D eigenvalue weighted by Crippen LogP contribution is -2.29. The molecule has 2 N–H and O–H groups in total. The molecule has 0 radical (unpaired) electrons. The third-order valence-corrected chi connectivity index (χ3v) is 6.22. The summed E-state index contributed by atoms with van der Waals surface area (Å²) in [6.07, 6.45) is 1.96. The van der Waals surface area contributed by atoms with Crippen LogP contribution in [0.1, 0.15) is 16.1 Å². The van der Waals surface area contributed by atoms with E-state index >= 15 is 0 Å². The molecule has 0 unspecified atom stereocenters. The monoisotopic (exact) mass is 404 g/mol. The standard InChI is InChI=1S/C22H20N4O2S/c27-21-12-26(22(28)20-10-19(24-25-20)15-6-8-29-13-15)11-16(21)9-14-5-7-23-18-4-2-1-3-17(14)18/h1-8,10,13,16,21,27H,9,11-12H2,(H,24,25)/t16-,21+/m1/s1. The van der Waals surface area contributed by atoms with E-state index in [1.807, 2.05) is 41.1 Å². The molecule has 2 atom stereocenters. The molecule has 0 aliphatic carbocycles. The van der Waals surface area contributed by atoms with E-state index in [0.717, 1.165) is 27.7 Å². The molecule has 0 bridgehead atoms. The highest BCUT2D eigenvalue weighted by molar-refractivity contribution is 7.08. The largest absolute Gasteiger partial charge is 0.391 e. The van der Waals surface area contributed by atoms with Crippen molar-refractivity contribution in [3.05, 3.63) is 70.7 Å². The fourth-order valence-corrected chi connectivity index (χ4v) is 4.65. The molecule has 29 heavy (non-hydrogen) atoms. The van der Waals surface area contributed by atoms with Crippen molar-refractivity contribution >= 4 is 28.1 Å². The maximum absolute atomic E-state index is 12.9. The molecular weight excluding hydrogens is 384 g/mol. The molecular formula is C22H20N4O2S. The number of pyridine rings is 1.